The van der Waals surface area contributed by atoms with E-state index in [1.807, 2.05) is 0 Å². The van der Waals surface area contributed by atoms with Crippen molar-refractivity contribution >= 4 is 23.5 Å². The molecule has 0 bridgehead atoms. The first-order valence-corrected chi connectivity index (χ1v) is 7.77. The van der Waals surface area contributed by atoms with E-state index < -0.39 is 24.5 Å². The molecular weight excluding hydrogens is 338 g/mol. The van der Waals surface area contributed by atoms with Crippen molar-refractivity contribution < 1.29 is 29.0 Å². The Morgan fingerprint density at radius 1 is 1.04 bits per heavy atom. The molecule has 0 aromatic heterocycles. The number of ether oxygens (including phenoxy) is 2. The lowest BCUT2D eigenvalue weighted by Gasteiger charge is -2.11. The van der Waals surface area contributed by atoms with Crippen LogP contribution in [0.25, 0.3) is 0 Å². The fourth-order valence-electron chi connectivity index (χ4n) is 2.21. The summed E-state index contributed by atoms with van der Waals surface area (Å²) >= 11 is 0. The first kappa shape index (κ1) is 19.0. The lowest BCUT2D eigenvalue weighted by Crippen LogP contribution is -2.21. The number of hydrogen-bond acceptors (Lipinski definition) is 6. The van der Waals surface area contributed by atoms with Gasteiger partial charge in [-0.2, -0.15) is 0 Å². The van der Waals surface area contributed by atoms with Gasteiger partial charge in [0.2, 0.25) is 0 Å². The van der Waals surface area contributed by atoms with Gasteiger partial charge in [-0.25, -0.2) is 9.59 Å². The lowest BCUT2D eigenvalue weighted by molar-refractivity contribution is -0.119. The minimum absolute atomic E-state index is 0.0210. The van der Waals surface area contributed by atoms with Crippen LogP contribution >= 0.6 is 0 Å². The van der Waals surface area contributed by atoms with Crippen LogP contribution in [0.1, 0.15) is 31.8 Å². The number of nitrogens with one attached hydrogen (secondary N) is 1. The fraction of sp³-hybridized carbons (Fsp3) is 0.211. The van der Waals surface area contributed by atoms with Gasteiger partial charge >= 0.3 is 11.9 Å². The molecule has 0 saturated carbocycles. The van der Waals surface area contributed by atoms with Crippen LogP contribution in [-0.4, -0.2) is 36.7 Å². The summed E-state index contributed by atoms with van der Waals surface area (Å²) in [7, 11) is 1.26. The highest BCUT2D eigenvalue weighted by atomic mass is 16.5. The highest BCUT2D eigenvalue weighted by molar-refractivity contribution is 5.98. The van der Waals surface area contributed by atoms with Gasteiger partial charge < -0.3 is 19.9 Å². The van der Waals surface area contributed by atoms with Crippen LogP contribution < -0.4 is 5.32 Å². The molecule has 0 saturated heterocycles. The summed E-state index contributed by atoms with van der Waals surface area (Å²) < 4.78 is 9.56. The maximum atomic E-state index is 12.0. The molecular formula is C19H19NO6. The van der Waals surface area contributed by atoms with Gasteiger partial charge in [0.1, 0.15) is 11.3 Å². The van der Waals surface area contributed by atoms with E-state index in [0.29, 0.717) is 5.69 Å². The molecule has 2 rings (SSSR count). The SMILES string of the molecule is COC(=O)c1ccc(C)c(NC(=O)COC(=O)c2ccc(C)cc2O)c1. The largest absolute Gasteiger partial charge is 0.507 e. The second kappa shape index (κ2) is 8.15. The molecule has 1 amide bonds. The van der Waals surface area contributed by atoms with Crippen molar-refractivity contribution in [2.75, 3.05) is 19.0 Å². The number of amides is 1. The van der Waals surface area contributed by atoms with Crippen LogP contribution in [0.2, 0.25) is 0 Å². The van der Waals surface area contributed by atoms with Gasteiger partial charge in [0.05, 0.1) is 12.7 Å². The summed E-state index contributed by atoms with van der Waals surface area (Å²) in [6.07, 6.45) is 0. The fourth-order valence-corrected chi connectivity index (χ4v) is 2.21. The molecule has 0 aliphatic heterocycles. The summed E-state index contributed by atoms with van der Waals surface area (Å²) in [4.78, 5) is 35.5. The van der Waals surface area contributed by atoms with Gasteiger partial charge in [-0.05, 0) is 49.2 Å². The molecule has 0 atom stereocenters. The van der Waals surface area contributed by atoms with Crippen molar-refractivity contribution in [1.82, 2.24) is 0 Å². The Balaban J connectivity index is 2.00. The number of phenolic OH excluding ortho intramolecular Hbond substituents is 1. The molecule has 0 heterocycles. The second-order valence-electron chi connectivity index (χ2n) is 5.67. The molecule has 2 aromatic rings. The number of aromatic hydroxyl groups is 1. The van der Waals surface area contributed by atoms with E-state index >= 15 is 0 Å². The predicted octanol–water partition coefficient (Wildman–Crippen LogP) is 2.59. The highest BCUT2D eigenvalue weighted by Crippen LogP contribution is 2.20. The van der Waals surface area contributed by atoms with Crippen LogP contribution in [-0.2, 0) is 14.3 Å². The molecule has 0 unspecified atom stereocenters. The van der Waals surface area contributed by atoms with Gasteiger partial charge in [-0.15, -0.1) is 0 Å². The van der Waals surface area contributed by atoms with Crippen LogP contribution in [0.4, 0.5) is 5.69 Å². The maximum Gasteiger partial charge on any atom is 0.342 e. The van der Waals surface area contributed by atoms with Gasteiger partial charge in [0.15, 0.2) is 6.61 Å². The van der Waals surface area contributed by atoms with Gasteiger partial charge in [-0.3, -0.25) is 4.79 Å². The summed E-state index contributed by atoms with van der Waals surface area (Å²) in [6, 6.07) is 9.23. The van der Waals surface area contributed by atoms with Crippen molar-refractivity contribution in [3.8, 4) is 5.75 Å². The number of carbonyl (C=O) groups is 3. The van der Waals surface area contributed by atoms with Crippen molar-refractivity contribution in [2.24, 2.45) is 0 Å². The molecule has 2 aromatic carbocycles. The van der Waals surface area contributed by atoms with Crippen molar-refractivity contribution in [1.29, 1.82) is 0 Å². The number of benzene rings is 2. The molecule has 136 valence electrons. The zero-order chi connectivity index (χ0) is 19.3. The molecule has 26 heavy (non-hydrogen) atoms. The van der Waals surface area contributed by atoms with Crippen molar-refractivity contribution in [3.63, 3.8) is 0 Å². The van der Waals surface area contributed by atoms with Gasteiger partial charge in [0.25, 0.3) is 5.91 Å². The Morgan fingerprint density at radius 2 is 1.77 bits per heavy atom. The minimum atomic E-state index is -0.808. The maximum absolute atomic E-state index is 12.0. The topological polar surface area (TPSA) is 102 Å². The summed E-state index contributed by atoms with van der Waals surface area (Å²) in [5.74, 6) is -2.12. The van der Waals surface area contributed by atoms with Crippen LogP contribution in [0.5, 0.6) is 5.75 Å². The number of hydrogen-bond donors (Lipinski definition) is 2. The van der Waals surface area contributed by atoms with Gasteiger partial charge in [0, 0.05) is 5.69 Å². The number of anilines is 1. The first-order valence-electron chi connectivity index (χ1n) is 7.77. The van der Waals surface area contributed by atoms with E-state index in [1.54, 1.807) is 32.0 Å². The monoisotopic (exact) mass is 357 g/mol. The number of phenols is 1. The van der Waals surface area contributed by atoms with E-state index in [0.717, 1.165) is 11.1 Å². The zero-order valence-electron chi connectivity index (χ0n) is 14.7. The normalized spacial score (nSPS) is 10.1. The zero-order valence-corrected chi connectivity index (χ0v) is 14.7. The average Bonchev–Trinajstić information content (AvgIpc) is 2.61. The third kappa shape index (κ3) is 4.60. The smallest absolute Gasteiger partial charge is 0.342 e. The second-order valence-corrected chi connectivity index (χ2v) is 5.67. The molecule has 0 aliphatic rings. The molecule has 0 fully saturated rings. The highest BCUT2D eigenvalue weighted by Gasteiger charge is 2.15. The molecule has 0 spiro atoms. The summed E-state index contributed by atoms with van der Waals surface area (Å²) in [5, 5.41) is 12.3. The predicted molar refractivity (Wildman–Crippen MR) is 94.3 cm³/mol. The Kier molecular flexibility index (Phi) is 5.95. The van der Waals surface area contributed by atoms with E-state index in [-0.39, 0.29) is 16.9 Å². The van der Waals surface area contributed by atoms with Gasteiger partial charge in [-0.1, -0.05) is 12.1 Å². The summed E-state index contributed by atoms with van der Waals surface area (Å²) in [5.41, 5.74) is 2.20. The molecule has 2 N–H and O–H groups in total. The van der Waals surface area contributed by atoms with E-state index in [4.69, 9.17) is 4.74 Å². The van der Waals surface area contributed by atoms with Crippen molar-refractivity contribution in [3.05, 3.63) is 58.7 Å². The standard InChI is InChI=1S/C19H19NO6/c1-11-4-7-14(16(21)8-11)19(24)26-10-17(22)20-15-9-13(18(23)25-3)6-5-12(15)2/h4-9,21H,10H2,1-3H3,(H,20,22). The van der Waals surface area contributed by atoms with E-state index in [2.05, 4.69) is 10.1 Å². The Labute approximate surface area is 150 Å². The molecule has 7 nitrogen and oxygen atoms in total. The first-order chi connectivity index (χ1) is 12.3. The molecule has 0 radical (unpaired) electrons. The number of methoxy groups -OCH3 is 1. The van der Waals surface area contributed by atoms with Crippen LogP contribution in [0, 0.1) is 13.8 Å². The quantitative estimate of drug-likeness (QED) is 0.798. The number of aryl methyl sites for hydroxylation is 2. The van der Waals surface area contributed by atoms with Crippen molar-refractivity contribution in [2.45, 2.75) is 13.8 Å². The summed E-state index contributed by atoms with van der Waals surface area (Å²) in [6.45, 7) is 2.99. The van der Waals surface area contributed by atoms with Crippen LogP contribution in [0.3, 0.4) is 0 Å². The Bertz CT molecular complexity index is 859. The molecule has 7 heteroatoms. The number of carbonyl (C=O) groups excluding carboxylic acids is 3. The van der Waals surface area contributed by atoms with Crippen LogP contribution in [0.15, 0.2) is 36.4 Å². The average molecular weight is 357 g/mol. The molecule has 0 aliphatic carbocycles. The number of esters is 2. The van der Waals surface area contributed by atoms with E-state index in [1.165, 1.54) is 25.3 Å². The third-order valence-electron chi connectivity index (χ3n) is 3.64. The minimum Gasteiger partial charge on any atom is -0.507 e. The Hall–Kier alpha value is -3.35. The van der Waals surface area contributed by atoms with E-state index in [9.17, 15) is 19.5 Å². The Morgan fingerprint density at radius 3 is 2.42 bits per heavy atom. The number of rotatable bonds is 5. The lowest BCUT2D eigenvalue weighted by atomic mass is 10.1. The third-order valence-corrected chi connectivity index (χ3v) is 3.64.